The zero-order valence-electron chi connectivity index (χ0n) is 19.0. The van der Waals surface area contributed by atoms with Crippen molar-refractivity contribution in [3.8, 4) is 33.9 Å². The number of aromatic amines is 2. The molecule has 172 valence electrons. The molecule has 6 aromatic rings. The van der Waals surface area contributed by atoms with Gasteiger partial charge in [-0.1, -0.05) is 18.2 Å². The van der Waals surface area contributed by atoms with Crippen LogP contribution in [0.3, 0.4) is 0 Å². The Morgan fingerprint density at radius 1 is 0.914 bits per heavy atom. The van der Waals surface area contributed by atoms with Gasteiger partial charge < -0.3 is 10.3 Å². The Kier molecular flexibility index (Phi) is 4.95. The number of pyridine rings is 3. The summed E-state index contributed by atoms with van der Waals surface area (Å²) in [7, 11) is 0. The first-order valence-electron chi connectivity index (χ1n) is 11.2. The van der Waals surface area contributed by atoms with Gasteiger partial charge in [0.25, 0.3) is 0 Å². The van der Waals surface area contributed by atoms with Crippen molar-refractivity contribution >= 4 is 27.6 Å². The van der Waals surface area contributed by atoms with Crippen LogP contribution in [-0.2, 0) is 0 Å². The number of nitrogens with one attached hydrogen (secondary N) is 3. The second-order valence-electron chi connectivity index (χ2n) is 8.57. The van der Waals surface area contributed by atoms with Gasteiger partial charge in [0.1, 0.15) is 11.4 Å². The molecular weight excluding hydrogens is 443 g/mol. The summed E-state index contributed by atoms with van der Waals surface area (Å²) in [6.07, 6.45) is 8.41. The lowest BCUT2D eigenvalue weighted by molar-refractivity contribution is 0.638. The molecule has 8 nitrogen and oxygen atoms in total. The maximum atomic E-state index is 15.9. The quantitative estimate of drug-likeness (QED) is 0.307. The van der Waals surface area contributed by atoms with Crippen molar-refractivity contribution in [3.63, 3.8) is 0 Å². The van der Waals surface area contributed by atoms with Crippen molar-refractivity contribution in [3.05, 3.63) is 73.2 Å². The molecule has 0 fully saturated rings. The molecule has 6 rings (SSSR count). The summed E-state index contributed by atoms with van der Waals surface area (Å²) in [5.41, 5.74) is 5.91. The average Bonchev–Trinajstić information content (AvgIpc) is 3.49. The molecule has 0 aliphatic carbocycles. The lowest BCUT2D eigenvalue weighted by Gasteiger charge is -2.11. The number of anilines is 1. The number of nitrogens with zero attached hydrogens (tertiary/aromatic N) is 5. The van der Waals surface area contributed by atoms with Crippen LogP contribution in [0.5, 0.6) is 0 Å². The predicted molar refractivity (Wildman–Crippen MR) is 134 cm³/mol. The number of para-hydroxylation sites is 1. The number of H-pyrrole nitrogens is 2. The molecule has 0 bridgehead atoms. The first-order chi connectivity index (χ1) is 17.1. The molecule has 5 aromatic heterocycles. The smallest absolute Gasteiger partial charge is 0.161 e. The molecule has 35 heavy (non-hydrogen) atoms. The standard InChI is InChI=1S/C26H21FN8/c1-14(2)31-17-9-16(11-29-12-17)23-22(27)21-20(13-30-23)34-35-25(21)26-32-19-7-3-6-18(24(19)33-26)15-5-4-8-28-10-15/h3-14,31H,1-2H3,(H,32,33)(H,34,35). The van der Waals surface area contributed by atoms with Crippen molar-refractivity contribution < 1.29 is 4.39 Å². The van der Waals surface area contributed by atoms with Crippen LogP contribution in [-0.4, -0.2) is 41.2 Å². The van der Waals surface area contributed by atoms with Gasteiger partial charge in [-0.2, -0.15) is 5.10 Å². The van der Waals surface area contributed by atoms with Crippen molar-refractivity contribution in [2.45, 2.75) is 19.9 Å². The van der Waals surface area contributed by atoms with Gasteiger partial charge in [0.05, 0.1) is 33.8 Å². The molecule has 5 heterocycles. The maximum Gasteiger partial charge on any atom is 0.161 e. The fourth-order valence-corrected chi connectivity index (χ4v) is 4.23. The largest absolute Gasteiger partial charge is 0.382 e. The lowest BCUT2D eigenvalue weighted by atomic mass is 10.1. The molecule has 0 aliphatic heterocycles. The SMILES string of the molecule is CC(C)Nc1cncc(-c2ncc3[nH]nc(-c4nc5c(-c6cccnc6)cccc5[nH]4)c3c2F)c1. The van der Waals surface area contributed by atoms with E-state index >= 15 is 4.39 Å². The Hall–Kier alpha value is -4.66. The average molecular weight is 465 g/mol. The number of benzene rings is 1. The molecule has 0 radical (unpaired) electrons. The van der Waals surface area contributed by atoms with Crippen LogP contribution < -0.4 is 5.32 Å². The van der Waals surface area contributed by atoms with E-state index in [-0.39, 0.29) is 11.7 Å². The highest BCUT2D eigenvalue weighted by atomic mass is 19.1. The van der Waals surface area contributed by atoms with Gasteiger partial charge >= 0.3 is 0 Å². The Balaban J connectivity index is 1.49. The van der Waals surface area contributed by atoms with Gasteiger partial charge in [0, 0.05) is 47.5 Å². The number of rotatable bonds is 5. The summed E-state index contributed by atoms with van der Waals surface area (Å²) >= 11 is 0. The second-order valence-corrected chi connectivity index (χ2v) is 8.57. The summed E-state index contributed by atoms with van der Waals surface area (Å²) in [6.45, 7) is 4.06. The minimum Gasteiger partial charge on any atom is -0.382 e. The van der Waals surface area contributed by atoms with Crippen LogP contribution in [0.4, 0.5) is 10.1 Å². The Morgan fingerprint density at radius 2 is 1.80 bits per heavy atom. The maximum absolute atomic E-state index is 15.9. The molecular formula is C26H21FN8. The number of hydrogen-bond donors (Lipinski definition) is 3. The van der Waals surface area contributed by atoms with Crippen molar-refractivity contribution in [2.75, 3.05) is 5.32 Å². The van der Waals surface area contributed by atoms with Crippen molar-refractivity contribution in [1.29, 1.82) is 0 Å². The van der Waals surface area contributed by atoms with Gasteiger partial charge in [0.15, 0.2) is 11.6 Å². The lowest BCUT2D eigenvalue weighted by Crippen LogP contribution is -2.09. The topological polar surface area (TPSA) is 108 Å². The number of aromatic nitrogens is 7. The van der Waals surface area contributed by atoms with Crippen molar-refractivity contribution in [1.82, 2.24) is 35.1 Å². The molecule has 0 aliphatic rings. The summed E-state index contributed by atoms with van der Waals surface area (Å²) in [4.78, 5) is 20.9. The van der Waals surface area contributed by atoms with Crippen LogP contribution in [0.25, 0.3) is 55.8 Å². The number of imidazole rings is 1. The summed E-state index contributed by atoms with van der Waals surface area (Å²) in [6, 6.07) is 11.8. The van der Waals surface area contributed by atoms with E-state index in [0.717, 1.165) is 27.8 Å². The highest BCUT2D eigenvalue weighted by Gasteiger charge is 2.21. The Morgan fingerprint density at radius 3 is 2.63 bits per heavy atom. The summed E-state index contributed by atoms with van der Waals surface area (Å²) in [5.74, 6) is -0.0188. The highest BCUT2D eigenvalue weighted by molar-refractivity contribution is 5.98. The van der Waals surface area contributed by atoms with E-state index in [9.17, 15) is 0 Å². The first kappa shape index (κ1) is 20.9. The van der Waals surface area contributed by atoms with Crippen LogP contribution >= 0.6 is 0 Å². The predicted octanol–water partition coefficient (Wildman–Crippen LogP) is 5.58. The molecule has 0 amide bonds. The fraction of sp³-hybridized carbons (Fsp3) is 0.115. The number of halogens is 1. The van der Waals surface area contributed by atoms with Crippen molar-refractivity contribution in [2.24, 2.45) is 0 Å². The van der Waals surface area contributed by atoms with Gasteiger partial charge in [-0.3, -0.25) is 20.1 Å². The van der Waals surface area contributed by atoms with Crippen LogP contribution in [0, 0.1) is 5.82 Å². The molecule has 1 aromatic carbocycles. The summed E-state index contributed by atoms with van der Waals surface area (Å²) < 4.78 is 15.9. The molecule has 3 N–H and O–H groups in total. The van der Waals surface area contributed by atoms with E-state index in [2.05, 4.69) is 35.5 Å². The molecule has 9 heteroatoms. The third-order valence-corrected chi connectivity index (χ3v) is 5.72. The first-order valence-corrected chi connectivity index (χ1v) is 11.2. The second kappa shape index (κ2) is 8.28. The minimum atomic E-state index is -0.484. The van der Waals surface area contributed by atoms with Crippen LogP contribution in [0.1, 0.15) is 13.8 Å². The molecule has 0 saturated carbocycles. The summed E-state index contributed by atoms with van der Waals surface area (Å²) in [5, 5.41) is 10.9. The molecule has 0 unspecified atom stereocenters. The minimum absolute atomic E-state index is 0.201. The Bertz CT molecular complexity index is 1670. The normalized spacial score (nSPS) is 11.5. The molecule has 0 spiro atoms. The van der Waals surface area contributed by atoms with Gasteiger partial charge in [-0.25, -0.2) is 9.37 Å². The molecule has 0 atom stereocenters. The van der Waals surface area contributed by atoms with E-state index in [1.165, 1.54) is 0 Å². The fourth-order valence-electron chi connectivity index (χ4n) is 4.23. The number of fused-ring (bicyclic) bond motifs is 2. The number of hydrogen-bond acceptors (Lipinski definition) is 6. The Labute approximate surface area is 199 Å². The van der Waals surface area contributed by atoms with Gasteiger partial charge in [0.2, 0.25) is 0 Å². The van der Waals surface area contributed by atoms with Crippen LogP contribution in [0.15, 0.2) is 67.4 Å². The monoisotopic (exact) mass is 464 g/mol. The third-order valence-electron chi connectivity index (χ3n) is 5.72. The highest BCUT2D eigenvalue weighted by Crippen LogP contribution is 2.34. The van der Waals surface area contributed by atoms with E-state index in [1.54, 1.807) is 31.0 Å². The zero-order valence-corrected chi connectivity index (χ0v) is 19.0. The van der Waals surface area contributed by atoms with E-state index < -0.39 is 5.82 Å². The van der Waals surface area contributed by atoms with Gasteiger partial charge in [-0.15, -0.1) is 0 Å². The molecule has 0 saturated heterocycles. The van der Waals surface area contributed by atoms with Crippen LogP contribution in [0.2, 0.25) is 0 Å². The van der Waals surface area contributed by atoms with Gasteiger partial charge in [-0.05, 0) is 32.0 Å². The van der Waals surface area contributed by atoms with E-state index in [0.29, 0.717) is 28.0 Å². The van der Waals surface area contributed by atoms with E-state index in [4.69, 9.17) is 4.98 Å². The van der Waals surface area contributed by atoms with E-state index in [1.807, 2.05) is 50.2 Å². The third kappa shape index (κ3) is 3.67. The zero-order chi connectivity index (χ0) is 23.9.